The molecule has 0 aromatic heterocycles. The van der Waals surface area contributed by atoms with Gasteiger partial charge in [0.2, 0.25) is 5.91 Å². The maximum Gasteiger partial charge on any atom is 0.221 e. The molecule has 0 aromatic rings. The van der Waals surface area contributed by atoms with Gasteiger partial charge in [-0.1, -0.05) is 6.92 Å². The summed E-state index contributed by atoms with van der Waals surface area (Å²) in [5.41, 5.74) is 5.10. The summed E-state index contributed by atoms with van der Waals surface area (Å²) >= 11 is 1.80. The number of hydrogen-bond acceptors (Lipinski definition) is 4. The van der Waals surface area contributed by atoms with Gasteiger partial charge in [-0.15, -0.1) is 0 Å². The largest absolute Gasteiger partial charge is 0.396 e. The van der Waals surface area contributed by atoms with E-state index in [0.29, 0.717) is 6.54 Å². The van der Waals surface area contributed by atoms with Gasteiger partial charge in [-0.2, -0.15) is 11.8 Å². The number of aliphatic hydroxyl groups excluding tert-OH is 1. The van der Waals surface area contributed by atoms with Crippen molar-refractivity contribution in [1.82, 2.24) is 5.32 Å². The molecule has 1 unspecified atom stereocenters. The lowest BCUT2D eigenvalue weighted by Gasteiger charge is -2.08. The van der Waals surface area contributed by atoms with Crippen molar-refractivity contribution in [2.24, 2.45) is 11.7 Å². The third-order valence-corrected chi connectivity index (χ3v) is 2.88. The van der Waals surface area contributed by atoms with Crippen molar-refractivity contribution < 1.29 is 9.90 Å². The van der Waals surface area contributed by atoms with E-state index >= 15 is 0 Å². The Balaban J connectivity index is 3.09. The fourth-order valence-corrected chi connectivity index (χ4v) is 1.66. The van der Waals surface area contributed by atoms with Crippen LogP contribution in [0.15, 0.2) is 0 Å². The molecule has 5 heteroatoms. The summed E-state index contributed by atoms with van der Waals surface area (Å²) in [4.78, 5) is 10.7. The van der Waals surface area contributed by atoms with Gasteiger partial charge in [-0.3, -0.25) is 4.79 Å². The summed E-state index contributed by atoms with van der Waals surface area (Å²) in [6.45, 7) is 3.61. The van der Waals surface area contributed by atoms with Gasteiger partial charge in [0.05, 0.1) is 0 Å². The van der Waals surface area contributed by atoms with Crippen LogP contribution in [-0.4, -0.2) is 42.2 Å². The molecule has 0 spiro atoms. The van der Waals surface area contributed by atoms with Crippen LogP contribution in [0.4, 0.5) is 0 Å². The van der Waals surface area contributed by atoms with Crippen LogP contribution in [0, 0.1) is 5.92 Å². The Morgan fingerprint density at radius 1 is 1.57 bits per heavy atom. The van der Waals surface area contributed by atoms with Gasteiger partial charge in [0, 0.05) is 31.4 Å². The first kappa shape index (κ1) is 13.7. The minimum Gasteiger partial charge on any atom is -0.396 e. The van der Waals surface area contributed by atoms with Crippen LogP contribution in [-0.2, 0) is 4.79 Å². The first-order valence-electron chi connectivity index (χ1n) is 4.87. The molecule has 0 radical (unpaired) electrons. The number of aliphatic hydroxyl groups is 1. The number of amides is 1. The lowest BCUT2D eigenvalue weighted by molar-refractivity contribution is -0.121. The van der Waals surface area contributed by atoms with Crippen molar-refractivity contribution in [3.8, 4) is 0 Å². The Morgan fingerprint density at radius 2 is 2.29 bits per heavy atom. The second kappa shape index (κ2) is 9.30. The highest BCUT2D eigenvalue weighted by atomic mass is 32.2. The Morgan fingerprint density at radius 3 is 2.86 bits per heavy atom. The van der Waals surface area contributed by atoms with Crippen LogP contribution in [0.25, 0.3) is 0 Å². The van der Waals surface area contributed by atoms with Crippen LogP contribution in [0.1, 0.15) is 13.3 Å². The van der Waals surface area contributed by atoms with Crippen LogP contribution in [0.5, 0.6) is 0 Å². The van der Waals surface area contributed by atoms with E-state index in [2.05, 4.69) is 5.32 Å². The molecule has 0 aliphatic heterocycles. The predicted octanol–water partition coefficient (Wildman–Crippen LogP) is -0.187. The Hall–Kier alpha value is -0.260. The maximum absolute atomic E-state index is 10.7. The number of nitrogens with two attached hydrogens (primary N) is 1. The summed E-state index contributed by atoms with van der Waals surface area (Å²) in [6.07, 6.45) is 0.850. The van der Waals surface area contributed by atoms with Gasteiger partial charge in [0.15, 0.2) is 0 Å². The summed E-state index contributed by atoms with van der Waals surface area (Å²) in [5, 5.41) is 11.7. The first-order valence-corrected chi connectivity index (χ1v) is 6.02. The van der Waals surface area contributed by atoms with Gasteiger partial charge >= 0.3 is 0 Å². The van der Waals surface area contributed by atoms with Crippen molar-refractivity contribution in [2.45, 2.75) is 13.3 Å². The first-order chi connectivity index (χ1) is 6.68. The van der Waals surface area contributed by atoms with E-state index in [4.69, 9.17) is 10.8 Å². The predicted molar refractivity (Wildman–Crippen MR) is 60.3 cm³/mol. The number of thioether (sulfide) groups is 1. The Labute approximate surface area is 89.6 Å². The number of rotatable bonds is 9. The lowest BCUT2D eigenvalue weighted by atomic mass is 10.2. The minimum absolute atomic E-state index is 0.0996. The highest BCUT2D eigenvalue weighted by Crippen LogP contribution is 2.00. The second-order valence-corrected chi connectivity index (χ2v) is 4.42. The number of carbonyl (C=O) groups is 1. The number of hydrogen-bond donors (Lipinski definition) is 3. The lowest BCUT2D eigenvalue weighted by Crippen LogP contribution is -2.32. The van der Waals surface area contributed by atoms with E-state index in [1.165, 1.54) is 0 Å². The van der Waals surface area contributed by atoms with Crippen LogP contribution >= 0.6 is 11.8 Å². The number of primary amides is 1. The maximum atomic E-state index is 10.7. The molecule has 0 heterocycles. The number of nitrogens with one attached hydrogen (secondary N) is 1. The molecule has 4 N–H and O–H groups in total. The second-order valence-electron chi connectivity index (χ2n) is 3.20. The van der Waals surface area contributed by atoms with E-state index in [0.717, 1.165) is 24.5 Å². The summed E-state index contributed by atoms with van der Waals surface area (Å²) in [6, 6.07) is 0. The van der Waals surface area contributed by atoms with Gasteiger partial charge in [0.25, 0.3) is 0 Å². The average Bonchev–Trinajstić information content (AvgIpc) is 2.16. The van der Waals surface area contributed by atoms with E-state index in [-0.39, 0.29) is 18.4 Å². The van der Waals surface area contributed by atoms with E-state index in [1.807, 2.05) is 6.92 Å². The standard InChI is InChI=1S/C9H20N2O2S/c1-8(9(10)13)7-11-3-6-14-5-2-4-12/h8,11-12H,2-7H2,1H3,(H2,10,13). The molecule has 14 heavy (non-hydrogen) atoms. The zero-order valence-electron chi connectivity index (χ0n) is 8.66. The van der Waals surface area contributed by atoms with Crippen molar-refractivity contribution in [2.75, 3.05) is 31.2 Å². The van der Waals surface area contributed by atoms with Gasteiger partial charge in [-0.25, -0.2) is 0 Å². The van der Waals surface area contributed by atoms with E-state index < -0.39 is 0 Å². The molecule has 0 aliphatic rings. The van der Waals surface area contributed by atoms with Gasteiger partial charge in [0.1, 0.15) is 0 Å². The molecular formula is C9H20N2O2S. The zero-order chi connectivity index (χ0) is 10.8. The van der Waals surface area contributed by atoms with Gasteiger partial charge in [-0.05, 0) is 12.2 Å². The molecule has 0 fully saturated rings. The molecule has 0 saturated heterocycles. The number of carbonyl (C=O) groups excluding carboxylic acids is 1. The molecule has 0 aliphatic carbocycles. The minimum atomic E-state index is -0.259. The third-order valence-electron chi connectivity index (χ3n) is 1.81. The van der Waals surface area contributed by atoms with Crippen molar-refractivity contribution in [3.63, 3.8) is 0 Å². The van der Waals surface area contributed by atoms with E-state index in [9.17, 15) is 4.79 Å². The molecule has 84 valence electrons. The third kappa shape index (κ3) is 8.34. The fraction of sp³-hybridized carbons (Fsp3) is 0.889. The molecule has 4 nitrogen and oxygen atoms in total. The highest BCUT2D eigenvalue weighted by Gasteiger charge is 2.06. The summed E-state index contributed by atoms with van der Waals surface area (Å²) in [5.74, 6) is 1.64. The summed E-state index contributed by atoms with van der Waals surface area (Å²) in [7, 11) is 0. The van der Waals surface area contributed by atoms with Gasteiger partial charge < -0.3 is 16.2 Å². The molecule has 0 aromatic carbocycles. The highest BCUT2D eigenvalue weighted by molar-refractivity contribution is 7.99. The smallest absolute Gasteiger partial charge is 0.221 e. The van der Waals surface area contributed by atoms with Crippen LogP contribution in [0.2, 0.25) is 0 Å². The van der Waals surface area contributed by atoms with Crippen molar-refractivity contribution >= 4 is 17.7 Å². The SMILES string of the molecule is CC(CNCCSCCCO)C(N)=O. The van der Waals surface area contributed by atoms with Crippen molar-refractivity contribution in [3.05, 3.63) is 0 Å². The van der Waals surface area contributed by atoms with Crippen LogP contribution < -0.4 is 11.1 Å². The normalized spacial score (nSPS) is 12.7. The molecule has 1 atom stereocenters. The summed E-state index contributed by atoms with van der Waals surface area (Å²) < 4.78 is 0. The molecule has 0 rings (SSSR count). The Bertz CT molecular complexity index is 156. The quantitative estimate of drug-likeness (QED) is 0.471. The Kier molecular flexibility index (Phi) is 9.13. The molecule has 1 amide bonds. The zero-order valence-corrected chi connectivity index (χ0v) is 9.48. The van der Waals surface area contributed by atoms with Crippen LogP contribution in [0.3, 0.4) is 0 Å². The van der Waals surface area contributed by atoms with E-state index in [1.54, 1.807) is 11.8 Å². The monoisotopic (exact) mass is 220 g/mol. The molecular weight excluding hydrogens is 200 g/mol. The fourth-order valence-electron chi connectivity index (χ4n) is 0.832. The average molecular weight is 220 g/mol. The molecule has 0 saturated carbocycles. The topological polar surface area (TPSA) is 75.3 Å². The van der Waals surface area contributed by atoms with Crippen molar-refractivity contribution in [1.29, 1.82) is 0 Å². The molecule has 0 bridgehead atoms.